The van der Waals surface area contributed by atoms with Crippen LogP contribution in [0.2, 0.25) is 5.15 Å². The molecule has 102 valence electrons. The third-order valence-electron chi connectivity index (χ3n) is 3.10. The van der Waals surface area contributed by atoms with Gasteiger partial charge >= 0.3 is 0 Å². The number of ketones is 1. The zero-order chi connectivity index (χ0) is 13.8. The molecule has 0 aliphatic rings. The van der Waals surface area contributed by atoms with Gasteiger partial charge < -0.3 is 0 Å². The van der Waals surface area contributed by atoms with Gasteiger partial charge in [0.2, 0.25) is 0 Å². The van der Waals surface area contributed by atoms with Crippen LogP contribution in [0.4, 0.5) is 0 Å². The highest BCUT2D eigenvalue weighted by molar-refractivity contribution is 7.09. The van der Waals surface area contributed by atoms with Gasteiger partial charge in [-0.1, -0.05) is 17.7 Å². The van der Waals surface area contributed by atoms with Crippen molar-refractivity contribution in [1.82, 2.24) is 9.78 Å². The maximum Gasteiger partial charge on any atom is 0.137 e. The summed E-state index contributed by atoms with van der Waals surface area (Å²) < 4.78 is 1.62. The van der Waals surface area contributed by atoms with E-state index in [-0.39, 0.29) is 5.78 Å². The molecule has 0 N–H and O–H groups in total. The number of rotatable bonds is 6. The van der Waals surface area contributed by atoms with Crippen molar-refractivity contribution >= 4 is 28.7 Å². The van der Waals surface area contributed by atoms with Crippen LogP contribution in [-0.2, 0) is 24.7 Å². The number of thiophene rings is 1. The summed E-state index contributed by atoms with van der Waals surface area (Å²) in [5.41, 5.74) is 1.71. The summed E-state index contributed by atoms with van der Waals surface area (Å²) in [5.74, 6) is 0.231. The molecule has 0 unspecified atom stereocenters. The Kier molecular flexibility index (Phi) is 4.77. The molecule has 0 bridgehead atoms. The quantitative estimate of drug-likeness (QED) is 0.816. The van der Waals surface area contributed by atoms with Crippen molar-refractivity contribution in [2.75, 3.05) is 0 Å². The Labute approximate surface area is 122 Å². The van der Waals surface area contributed by atoms with E-state index in [0.29, 0.717) is 18.0 Å². The number of hydrogen-bond donors (Lipinski definition) is 0. The van der Waals surface area contributed by atoms with Crippen LogP contribution in [0.25, 0.3) is 0 Å². The van der Waals surface area contributed by atoms with Gasteiger partial charge in [0, 0.05) is 30.3 Å². The predicted molar refractivity (Wildman–Crippen MR) is 78.9 cm³/mol. The van der Waals surface area contributed by atoms with Crippen LogP contribution >= 0.6 is 22.9 Å². The van der Waals surface area contributed by atoms with Gasteiger partial charge in [-0.15, -0.1) is 11.3 Å². The maximum absolute atomic E-state index is 12.0. The van der Waals surface area contributed by atoms with E-state index in [0.717, 1.165) is 24.1 Å². The maximum atomic E-state index is 12.0. The van der Waals surface area contributed by atoms with Gasteiger partial charge in [0.25, 0.3) is 0 Å². The Balaban J connectivity index is 1.84. The topological polar surface area (TPSA) is 34.9 Å². The lowest BCUT2D eigenvalue weighted by molar-refractivity contribution is -0.118. The number of aromatic nitrogens is 2. The van der Waals surface area contributed by atoms with Crippen molar-refractivity contribution in [2.24, 2.45) is 7.05 Å². The van der Waals surface area contributed by atoms with Crippen molar-refractivity contribution in [1.29, 1.82) is 0 Å². The summed E-state index contributed by atoms with van der Waals surface area (Å²) in [7, 11) is 1.79. The van der Waals surface area contributed by atoms with Crippen LogP contribution in [0, 0.1) is 6.92 Å². The first-order chi connectivity index (χ1) is 9.08. The van der Waals surface area contributed by atoms with E-state index in [4.69, 9.17) is 11.6 Å². The molecule has 0 fully saturated rings. The highest BCUT2D eigenvalue weighted by atomic mass is 35.5. The Morgan fingerprint density at radius 1 is 1.53 bits per heavy atom. The molecule has 0 spiro atoms. The largest absolute Gasteiger partial charge is 0.299 e. The monoisotopic (exact) mass is 296 g/mol. The second kappa shape index (κ2) is 6.35. The minimum Gasteiger partial charge on any atom is -0.299 e. The smallest absolute Gasteiger partial charge is 0.137 e. The standard InChI is InChI=1S/C14H17ClN2OS/c1-10-13(14(15)17(2)16-10)9-11(18)5-3-6-12-7-4-8-19-12/h4,7-8H,3,5-6,9H2,1-2H3. The molecule has 0 aliphatic carbocycles. The fourth-order valence-electron chi connectivity index (χ4n) is 2.07. The van der Waals surface area contributed by atoms with Crippen LogP contribution in [0.5, 0.6) is 0 Å². The van der Waals surface area contributed by atoms with Gasteiger partial charge in [-0.2, -0.15) is 5.10 Å². The molecule has 5 heteroatoms. The minimum absolute atomic E-state index is 0.231. The summed E-state index contributed by atoms with van der Waals surface area (Å²) in [6, 6.07) is 4.15. The fourth-order valence-corrected chi connectivity index (χ4v) is 3.07. The van der Waals surface area contributed by atoms with Crippen LogP contribution in [0.3, 0.4) is 0 Å². The minimum atomic E-state index is 0.231. The molecular weight excluding hydrogens is 280 g/mol. The summed E-state index contributed by atoms with van der Waals surface area (Å²) in [5, 5.41) is 6.86. The highest BCUT2D eigenvalue weighted by Gasteiger charge is 2.14. The molecule has 19 heavy (non-hydrogen) atoms. The highest BCUT2D eigenvalue weighted by Crippen LogP contribution is 2.20. The molecule has 2 heterocycles. The zero-order valence-electron chi connectivity index (χ0n) is 11.1. The Hall–Kier alpha value is -1.13. The molecule has 2 aromatic heterocycles. The third-order valence-corrected chi connectivity index (χ3v) is 4.51. The first kappa shape index (κ1) is 14.3. The molecule has 0 saturated carbocycles. The first-order valence-electron chi connectivity index (χ1n) is 6.30. The molecule has 0 atom stereocenters. The summed E-state index contributed by atoms with van der Waals surface area (Å²) in [4.78, 5) is 13.3. The van der Waals surface area contributed by atoms with Gasteiger partial charge in [0.05, 0.1) is 5.69 Å². The van der Waals surface area contributed by atoms with Gasteiger partial charge in [-0.3, -0.25) is 9.48 Å². The summed E-state index contributed by atoms with van der Waals surface area (Å²) >= 11 is 7.86. The normalized spacial score (nSPS) is 10.9. The van der Waals surface area contributed by atoms with E-state index in [1.54, 1.807) is 23.1 Å². The van der Waals surface area contributed by atoms with E-state index in [1.807, 2.05) is 13.0 Å². The van der Waals surface area contributed by atoms with Crippen LogP contribution < -0.4 is 0 Å². The number of carbonyl (C=O) groups excluding carboxylic acids is 1. The van der Waals surface area contributed by atoms with Gasteiger partial charge in [0.1, 0.15) is 10.9 Å². The molecule has 2 aromatic rings. The number of halogens is 1. The number of hydrogen-bond acceptors (Lipinski definition) is 3. The van der Waals surface area contributed by atoms with Crippen molar-refractivity contribution in [3.63, 3.8) is 0 Å². The number of carbonyl (C=O) groups is 1. The Morgan fingerprint density at radius 3 is 2.89 bits per heavy atom. The molecule has 0 radical (unpaired) electrons. The fraction of sp³-hybridized carbons (Fsp3) is 0.429. The number of aryl methyl sites for hydroxylation is 3. The van der Waals surface area contributed by atoms with E-state index in [2.05, 4.69) is 16.5 Å². The Morgan fingerprint density at radius 2 is 2.32 bits per heavy atom. The molecule has 3 nitrogen and oxygen atoms in total. The molecule has 0 saturated heterocycles. The molecule has 0 aliphatic heterocycles. The number of nitrogens with zero attached hydrogens (tertiary/aromatic N) is 2. The lowest BCUT2D eigenvalue weighted by Gasteiger charge is -2.01. The van der Waals surface area contributed by atoms with Crippen molar-refractivity contribution < 1.29 is 4.79 Å². The van der Waals surface area contributed by atoms with E-state index in [9.17, 15) is 4.79 Å². The second-order valence-electron chi connectivity index (χ2n) is 4.63. The van der Waals surface area contributed by atoms with Crippen LogP contribution in [-0.4, -0.2) is 15.6 Å². The SMILES string of the molecule is Cc1nn(C)c(Cl)c1CC(=O)CCCc1cccs1. The number of Topliss-reactive ketones (excluding diaryl/α,β-unsaturated/α-hetero) is 1. The summed E-state index contributed by atoms with van der Waals surface area (Å²) in [6.07, 6.45) is 2.87. The van der Waals surface area contributed by atoms with Gasteiger partial charge in [-0.25, -0.2) is 0 Å². The van der Waals surface area contributed by atoms with Crippen LogP contribution in [0.15, 0.2) is 17.5 Å². The van der Waals surface area contributed by atoms with Crippen molar-refractivity contribution in [3.05, 3.63) is 38.8 Å². The average molecular weight is 297 g/mol. The first-order valence-corrected chi connectivity index (χ1v) is 7.55. The molecule has 0 amide bonds. The molecular formula is C14H17ClN2OS. The Bertz CT molecular complexity index is 560. The van der Waals surface area contributed by atoms with E-state index in [1.165, 1.54) is 4.88 Å². The second-order valence-corrected chi connectivity index (χ2v) is 6.02. The van der Waals surface area contributed by atoms with Crippen molar-refractivity contribution in [3.8, 4) is 0 Å². The summed E-state index contributed by atoms with van der Waals surface area (Å²) in [6.45, 7) is 1.89. The lowest BCUT2D eigenvalue weighted by atomic mass is 10.1. The van der Waals surface area contributed by atoms with Crippen molar-refractivity contribution in [2.45, 2.75) is 32.6 Å². The van der Waals surface area contributed by atoms with E-state index >= 15 is 0 Å². The average Bonchev–Trinajstić information content (AvgIpc) is 2.94. The van der Waals surface area contributed by atoms with Gasteiger partial charge in [-0.05, 0) is 31.2 Å². The van der Waals surface area contributed by atoms with Crippen LogP contribution in [0.1, 0.15) is 29.0 Å². The van der Waals surface area contributed by atoms with Gasteiger partial charge in [0.15, 0.2) is 0 Å². The van der Waals surface area contributed by atoms with E-state index < -0.39 is 0 Å². The predicted octanol–water partition coefficient (Wildman–Crippen LogP) is 3.58. The molecule has 2 rings (SSSR count). The third kappa shape index (κ3) is 3.67. The molecule has 0 aromatic carbocycles. The zero-order valence-corrected chi connectivity index (χ0v) is 12.7. The lowest BCUT2D eigenvalue weighted by Crippen LogP contribution is -2.04.